The smallest absolute Gasteiger partial charge is 0.0641 e. The predicted octanol–water partition coefficient (Wildman–Crippen LogP) is 30.7. The van der Waals surface area contributed by atoms with Gasteiger partial charge >= 0.3 is 0 Å². The van der Waals surface area contributed by atoms with Crippen LogP contribution in [0.1, 0.15) is 27.8 Å². The number of fused-ring (bicyclic) bond motifs is 24. The second-order valence-corrected chi connectivity index (χ2v) is 33.0. The Morgan fingerprint density at radius 1 is 0.175 bits per heavy atom. The Morgan fingerprint density at radius 3 is 0.792 bits per heavy atom. The summed E-state index contributed by atoms with van der Waals surface area (Å²) < 4.78 is 10.2. The van der Waals surface area contributed by atoms with Crippen molar-refractivity contribution in [2.24, 2.45) is 0 Å². The molecule has 8 aromatic heterocycles. The second-order valence-electron chi connectivity index (χ2n) is 33.0. The molecule has 120 heavy (non-hydrogen) atoms. The molecule has 562 valence electrons. The van der Waals surface area contributed by atoms with E-state index in [1.807, 2.05) is 0 Å². The number of aromatic nitrogens is 4. The lowest BCUT2D eigenvalue weighted by atomic mass is 10.0. The third-order valence-electron chi connectivity index (χ3n) is 26.1. The fourth-order valence-corrected chi connectivity index (χ4v) is 21.2. The van der Waals surface area contributed by atoms with Crippen LogP contribution in [0.4, 0.5) is 68.2 Å². The molecule has 0 fully saturated rings. The minimum atomic E-state index is 0.740. The Labute approximate surface area is 690 Å². The standard InChI is InChI=1S/C112H74N8/c1-68-44-48-76(49-45-68)113(73-27-7-4-8-28-73)97-56-52-81-89-64-102-90(65-101(89)117-93-40-17-13-36-85(93)105(97)109(81)117)82-53-57-98(106-86-37-14-18-41-94(86)118(102)110(82)106)114(74-29-9-5-10-30-74)77-50-46-71(47-51-77)62-72-26-23-35-80(63-72)116(79-34-22-25-70(3)61-79)100-59-55-84-92-67-103-91(66-104(92)120-96-43-20-16-39-88(96)108(100)112(84)120)83-54-58-99(107-87-38-15-19-42-95(87)119(103)111(83)107)115(75-31-11-6-12-32-75)78-33-21-24-69(2)60-78/h4-61,63-67H,62H2,1-3H3. The molecule has 0 saturated heterocycles. The van der Waals surface area contributed by atoms with Crippen LogP contribution in [-0.4, -0.2) is 17.6 Å². The van der Waals surface area contributed by atoms with Crippen molar-refractivity contribution >= 4 is 221 Å². The number of nitrogens with zero attached hydrogens (tertiary/aromatic N) is 8. The number of para-hydroxylation sites is 7. The molecule has 0 bridgehead atoms. The highest BCUT2D eigenvalue weighted by Crippen LogP contribution is 2.55. The summed E-state index contributed by atoms with van der Waals surface area (Å²) in [5.41, 5.74) is 34.2. The van der Waals surface area contributed by atoms with Crippen molar-refractivity contribution in [1.82, 2.24) is 17.6 Å². The van der Waals surface area contributed by atoms with E-state index in [4.69, 9.17) is 0 Å². The molecule has 0 amide bonds. The molecule has 0 saturated carbocycles. The van der Waals surface area contributed by atoms with E-state index in [1.54, 1.807) is 0 Å². The monoisotopic (exact) mass is 1530 g/mol. The molecule has 0 aliphatic carbocycles. The first kappa shape index (κ1) is 66.6. The van der Waals surface area contributed by atoms with Crippen molar-refractivity contribution in [3.8, 4) is 0 Å². The first-order valence-corrected chi connectivity index (χ1v) is 41.7. The van der Waals surface area contributed by atoms with E-state index in [0.717, 1.165) is 74.7 Å². The van der Waals surface area contributed by atoms with E-state index < -0.39 is 0 Å². The average Bonchev–Trinajstić information content (AvgIpc) is 1.52. The lowest BCUT2D eigenvalue weighted by molar-refractivity contribution is 1.17. The van der Waals surface area contributed by atoms with Gasteiger partial charge in [-0.15, -0.1) is 0 Å². The Balaban J connectivity index is 0.583. The lowest BCUT2D eigenvalue weighted by Gasteiger charge is -2.27. The largest absolute Gasteiger partial charge is 0.310 e. The van der Waals surface area contributed by atoms with Gasteiger partial charge < -0.3 is 37.2 Å². The van der Waals surface area contributed by atoms with Crippen LogP contribution in [0.15, 0.2) is 382 Å². The lowest BCUT2D eigenvalue weighted by Crippen LogP contribution is -2.11. The molecule has 0 unspecified atom stereocenters. The van der Waals surface area contributed by atoms with E-state index in [1.165, 1.54) is 180 Å². The van der Waals surface area contributed by atoms with Crippen LogP contribution in [-0.2, 0) is 6.42 Å². The molecule has 26 aromatic rings. The van der Waals surface area contributed by atoms with E-state index in [2.05, 4.69) is 440 Å². The van der Waals surface area contributed by atoms with Crippen molar-refractivity contribution < 1.29 is 0 Å². The van der Waals surface area contributed by atoms with Crippen LogP contribution in [0, 0.1) is 20.8 Å². The highest BCUT2D eigenvalue weighted by atomic mass is 15.2. The van der Waals surface area contributed by atoms with Gasteiger partial charge in [0.05, 0.1) is 88.9 Å². The number of hydrogen-bond acceptors (Lipinski definition) is 4. The maximum absolute atomic E-state index is 2.57. The molecule has 0 atom stereocenters. The van der Waals surface area contributed by atoms with Gasteiger partial charge in [0.1, 0.15) is 0 Å². The summed E-state index contributed by atoms with van der Waals surface area (Å²) in [4.78, 5) is 9.86. The molecular weight excluding hydrogens is 1460 g/mol. The first-order valence-electron chi connectivity index (χ1n) is 41.7. The molecule has 26 rings (SSSR count). The van der Waals surface area contributed by atoms with Gasteiger partial charge in [-0.25, -0.2) is 0 Å². The van der Waals surface area contributed by atoms with Crippen molar-refractivity contribution in [2.45, 2.75) is 27.2 Å². The van der Waals surface area contributed by atoms with Gasteiger partial charge in [-0.05, 0) is 219 Å². The number of aryl methyl sites for hydroxylation is 3. The summed E-state index contributed by atoms with van der Waals surface area (Å²) >= 11 is 0. The van der Waals surface area contributed by atoms with Crippen molar-refractivity contribution in [3.63, 3.8) is 0 Å². The fraction of sp³-hybridized carbons (Fsp3) is 0.0357. The average molecular weight is 1530 g/mol. The number of benzene rings is 18. The minimum Gasteiger partial charge on any atom is -0.310 e. The quantitative estimate of drug-likeness (QED) is 0.109. The molecular formula is C112H74N8. The van der Waals surface area contributed by atoms with Gasteiger partial charge in [0, 0.05) is 132 Å². The molecule has 0 aliphatic rings. The molecule has 0 spiro atoms. The van der Waals surface area contributed by atoms with E-state index in [-0.39, 0.29) is 0 Å². The third kappa shape index (κ3) is 9.41. The SMILES string of the molecule is Cc1ccc(N(c2ccccc2)c2ccc3c4cc5c(cc4n4c6ccccc6c2c34)c2ccc(N(c3ccccc3)c3ccc(Cc4cccc(N(c6cccc(C)c6)c6ccc7c8cc9c(cc8n8c%10ccccc%10c6c78)c6ccc(N(c7ccccc7)c7cccc(C)c7)c7c8ccccc8n9c67)c4)cc3)c3c4ccccc4n5c23)cc1. The maximum Gasteiger partial charge on any atom is 0.0641 e. The molecule has 8 heteroatoms. The highest BCUT2D eigenvalue weighted by molar-refractivity contribution is 6.35. The van der Waals surface area contributed by atoms with E-state index in [9.17, 15) is 0 Å². The van der Waals surface area contributed by atoms with Crippen molar-refractivity contribution in [1.29, 1.82) is 0 Å². The summed E-state index contributed by atoms with van der Waals surface area (Å²) in [6.07, 6.45) is 0.740. The summed E-state index contributed by atoms with van der Waals surface area (Å²) in [7, 11) is 0. The zero-order valence-electron chi connectivity index (χ0n) is 66.2. The third-order valence-corrected chi connectivity index (χ3v) is 26.1. The highest BCUT2D eigenvalue weighted by Gasteiger charge is 2.32. The zero-order valence-corrected chi connectivity index (χ0v) is 66.2. The van der Waals surface area contributed by atoms with Gasteiger partial charge in [0.15, 0.2) is 0 Å². The van der Waals surface area contributed by atoms with Crippen molar-refractivity contribution in [2.75, 3.05) is 19.6 Å². The van der Waals surface area contributed by atoms with Crippen molar-refractivity contribution in [3.05, 3.63) is 410 Å². The fourth-order valence-electron chi connectivity index (χ4n) is 21.2. The molecule has 0 N–H and O–H groups in total. The number of anilines is 12. The Morgan fingerprint density at radius 2 is 0.450 bits per heavy atom. The molecule has 8 heterocycles. The van der Waals surface area contributed by atoms with Gasteiger partial charge in [0.25, 0.3) is 0 Å². The van der Waals surface area contributed by atoms with E-state index >= 15 is 0 Å². The van der Waals surface area contributed by atoms with Crippen LogP contribution in [0.25, 0.3) is 152 Å². The van der Waals surface area contributed by atoms with Gasteiger partial charge in [-0.2, -0.15) is 0 Å². The molecule has 8 nitrogen and oxygen atoms in total. The van der Waals surface area contributed by atoms with Gasteiger partial charge in [-0.1, -0.05) is 218 Å². The number of hydrogen-bond donors (Lipinski definition) is 0. The zero-order chi connectivity index (χ0) is 78.9. The molecule has 18 aromatic carbocycles. The maximum atomic E-state index is 2.57. The first-order chi connectivity index (χ1) is 59.3. The summed E-state index contributed by atoms with van der Waals surface area (Å²) in [6, 6.07) is 143. The normalized spacial score (nSPS) is 12.3. The van der Waals surface area contributed by atoms with Gasteiger partial charge in [0.2, 0.25) is 0 Å². The summed E-state index contributed by atoms with van der Waals surface area (Å²) in [5.74, 6) is 0. The Hall–Kier alpha value is -15.6. The predicted molar refractivity (Wildman–Crippen MR) is 507 cm³/mol. The van der Waals surface area contributed by atoms with Gasteiger partial charge in [-0.3, -0.25) is 0 Å². The van der Waals surface area contributed by atoms with Crippen LogP contribution in [0.3, 0.4) is 0 Å². The van der Waals surface area contributed by atoms with E-state index in [0.29, 0.717) is 0 Å². The summed E-state index contributed by atoms with van der Waals surface area (Å²) in [6.45, 7) is 6.55. The van der Waals surface area contributed by atoms with Crippen LogP contribution >= 0.6 is 0 Å². The topological polar surface area (TPSA) is 30.6 Å². The van der Waals surface area contributed by atoms with Crippen LogP contribution in [0.5, 0.6) is 0 Å². The number of rotatable bonds is 14. The second kappa shape index (κ2) is 25.2. The molecule has 0 aliphatic heterocycles. The van der Waals surface area contributed by atoms with Crippen LogP contribution in [0.2, 0.25) is 0 Å². The van der Waals surface area contributed by atoms with Crippen LogP contribution < -0.4 is 19.6 Å². The summed E-state index contributed by atoms with van der Waals surface area (Å²) in [5, 5.41) is 19.8. The Bertz CT molecular complexity index is 8670. The molecule has 0 radical (unpaired) electrons. The minimum absolute atomic E-state index is 0.740. The Kier molecular flexibility index (Phi) is 14.0.